The van der Waals surface area contributed by atoms with Crippen LogP contribution in [-0.4, -0.2) is 0 Å². The number of rotatable bonds is 4. The fourth-order valence-electron chi connectivity index (χ4n) is 2.27. The second-order valence-electron chi connectivity index (χ2n) is 4.77. The van der Waals surface area contributed by atoms with Gasteiger partial charge in [0.05, 0.1) is 17.3 Å². The van der Waals surface area contributed by atoms with Gasteiger partial charge in [0.15, 0.2) is 0 Å². The van der Waals surface area contributed by atoms with Crippen molar-refractivity contribution in [3.8, 4) is 6.07 Å². The van der Waals surface area contributed by atoms with Crippen LogP contribution in [0.25, 0.3) is 0 Å². The maximum atomic E-state index is 9.30. The molecule has 102 valence electrons. The minimum atomic E-state index is 0.196. The monoisotopic (exact) mass is 328 g/mol. The molecule has 2 rings (SSSR count). The van der Waals surface area contributed by atoms with E-state index in [0.29, 0.717) is 0 Å². The fourth-order valence-corrected chi connectivity index (χ4v) is 2.69. The molecule has 0 aliphatic carbocycles. The van der Waals surface area contributed by atoms with Gasteiger partial charge in [-0.3, -0.25) is 0 Å². The Balaban J connectivity index is 2.32. The normalized spacial score (nSPS) is 11.7. The zero-order valence-electron chi connectivity index (χ0n) is 11.7. The molecule has 0 radical (unpaired) electrons. The molecule has 20 heavy (non-hydrogen) atoms. The molecule has 2 aromatic carbocycles. The quantitative estimate of drug-likeness (QED) is 0.837. The van der Waals surface area contributed by atoms with E-state index in [9.17, 15) is 5.26 Å². The molecule has 0 aliphatic rings. The lowest BCUT2D eigenvalue weighted by molar-refractivity contribution is 0.748. The van der Waals surface area contributed by atoms with Crippen LogP contribution in [0.2, 0.25) is 0 Å². The number of hydrogen-bond donors (Lipinski definition) is 1. The van der Waals surface area contributed by atoms with Crippen molar-refractivity contribution >= 4 is 21.6 Å². The summed E-state index contributed by atoms with van der Waals surface area (Å²) in [6.07, 6.45) is 0.954. The first kappa shape index (κ1) is 14.6. The number of nitrogens with one attached hydrogen (secondary N) is 1. The van der Waals surface area contributed by atoms with Crippen molar-refractivity contribution in [2.24, 2.45) is 0 Å². The highest BCUT2D eigenvalue weighted by Gasteiger charge is 2.12. The Kier molecular flexibility index (Phi) is 4.81. The van der Waals surface area contributed by atoms with Crippen molar-refractivity contribution in [3.05, 3.63) is 63.6 Å². The van der Waals surface area contributed by atoms with Crippen LogP contribution in [0, 0.1) is 18.3 Å². The van der Waals surface area contributed by atoms with Crippen molar-refractivity contribution < 1.29 is 0 Å². The average molecular weight is 329 g/mol. The van der Waals surface area contributed by atoms with E-state index < -0.39 is 0 Å². The zero-order valence-corrected chi connectivity index (χ0v) is 13.2. The molecule has 0 aromatic heterocycles. The lowest BCUT2D eigenvalue weighted by atomic mass is 10.0. The van der Waals surface area contributed by atoms with Crippen molar-refractivity contribution in [2.75, 3.05) is 5.32 Å². The van der Waals surface area contributed by atoms with Gasteiger partial charge in [0.25, 0.3) is 0 Å². The SMILES string of the molecule is CCC(Nc1cccc(C)c1C#N)c1cccc(Br)c1. The van der Waals surface area contributed by atoms with Gasteiger partial charge in [-0.2, -0.15) is 5.26 Å². The van der Waals surface area contributed by atoms with E-state index in [1.807, 2.05) is 37.3 Å². The van der Waals surface area contributed by atoms with E-state index in [4.69, 9.17) is 0 Å². The third-order valence-corrected chi connectivity index (χ3v) is 3.87. The van der Waals surface area contributed by atoms with Crippen molar-refractivity contribution in [3.63, 3.8) is 0 Å². The maximum absolute atomic E-state index is 9.30. The minimum absolute atomic E-state index is 0.196. The van der Waals surface area contributed by atoms with Crippen LogP contribution < -0.4 is 5.32 Å². The number of anilines is 1. The predicted octanol–water partition coefficient (Wildman–Crippen LogP) is 5.19. The number of benzene rings is 2. The third kappa shape index (κ3) is 3.20. The molecule has 0 spiro atoms. The molecule has 1 unspecified atom stereocenters. The summed E-state index contributed by atoms with van der Waals surface area (Å²) in [5.74, 6) is 0. The van der Waals surface area contributed by atoms with Gasteiger partial charge in [-0.05, 0) is 42.7 Å². The number of nitriles is 1. The van der Waals surface area contributed by atoms with Crippen LogP contribution in [0.4, 0.5) is 5.69 Å². The summed E-state index contributed by atoms with van der Waals surface area (Å²) >= 11 is 3.50. The molecular weight excluding hydrogens is 312 g/mol. The van der Waals surface area contributed by atoms with Gasteiger partial charge in [0, 0.05) is 4.47 Å². The van der Waals surface area contributed by atoms with Crippen molar-refractivity contribution in [2.45, 2.75) is 26.3 Å². The highest BCUT2D eigenvalue weighted by molar-refractivity contribution is 9.10. The van der Waals surface area contributed by atoms with Crippen LogP contribution in [-0.2, 0) is 0 Å². The fraction of sp³-hybridized carbons (Fsp3) is 0.235. The van der Waals surface area contributed by atoms with Gasteiger partial charge in [-0.1, -0.05) is 47.1 Å². The molecule has 0 saturated carbocycles. The Morgan fingerprint density at radius 1 is 1.25 bits per heavy atom. The molecule has 2 nitrogen and oxygen atoms in total. The summed E-state index contributed by atoms with van der Waals surface area (Å²) in [6, 6.07) is 16.7. The summed E-state index contributed by atoms with van der Waals surface area (Å²) in [5.41, 5.74) is 3.84. The average Bonchev–Trinajstić information content (AvgIpc) is 2.45. The predicted molar refractivity (Wildman–Crippen MR) is 86.7 cm³/mol. The summed E-state index contributed by atoms with van der Waals surface area (Å²) in [5, 5.41) is 12.8. The largest absolute Gasteiger partial charge is 0.377 e. The Hall–Kier alpha value is -1.79. The zero-order chi connectivity index (χ0) is 14.5. The Labute approximate surface area is 128 Å². The second-order valence-corrected chi connectivity index (χ2v) is 5.69. The van der Waals surface area contributed by atoms with E-state index in [0.717, 1.165) is 27.7 Å². The van der Waals surface area contributed by atoms with Gasteiger partial charge in [0.2, 0.25) is 0 Å². The number of hydrogen-bond acceptors (Lipinski definition) is 2. The molecule has 0 saturated heterocycles. The summed E-state index contributed by atoms with van der Waals surface area (Å²) in [6.45, 7) is 4.10. The Morgan fingerprint density at radius 2 is 2.00 bits per heavy atom. The van der Waals surface area contributed by atoms with E-state index in [2.05, 4.69) is 46.4 Å². The van der Waals surface area contributed by atoms with Gasteiger partial charge in [-0.15, -0.1) is 0 Å². The van der Waals surface area contributed by atoms with Crippen LogP contribution in [0.3, 0.4) is 0 Å². The first-order valence-electron chi connectivity index (χ1n) is 6.67. The highest BCUT2D eigenvalue weighted by Crippen LogP contribution is 2.27. The molecular formula is C17H17BrN2. The van der Waals surface area contributed by atoms with E-state index in [1.54, 1.807) is 0 Å². The van der Waals surface area contributed by atoms with Gasteiger partial charge < -0.3 is 5.32 Å². The molecule has 0 amide bonds. The first-order valence-corrected chi connectivity index (χ1v) is 7.46. The van der Waals surface area contributed by atoms with Crippen molar-refractivity contribution in [1.29, 1.82) is 5.26 Å². The van der Waals surface area contributed by atoms with Crippen LogP contribution in [0.15, 0.2) is 46.9 Å². The van der Waals surface area contributed by atoms with Crippen LogP contribution in [0.5, 0.6) is 0 Å². The first-order chi connectivity index (χ1) is 9.65. The van der Waals surface area contributed by atoms with Crippen LogP contribution >= 0.6 is 15.9 Å². The summed E-state index contributed by atoms with van der Waals surface area (Å²) < 4.78 is 1.07. The number of aryl methyl sites for hydroxylation is 1. The number of halogens is 1. The molecule has 0 aliphatic heterocycles. The summed E-state index contributed by atoms with van der Waals surface area (Å²) in [4.78, 5) is 0. The van der Waals surface area contributed by atoms with E-state index >= 15 is 0 Å². The Morgan fingerprint density at radius 3 is 2.65 bits per heavy atom. The van der Waals surface area contributed by atoms with Gasteiger partial charge in [0.1, 0.15) is 6.07 Å². The smallest absolute Gasteiger partial charge is 0.102 e. The van der Waals surface area contributed by atoms with E-state index in [-0.39, 0.29) is 6.04 Å². The third-order valence-electron chi connectivity index (χ3n) is 3.37. The molecule has 1 N–H and O–H groups in total. The van der Waals surface area contributed by atoms with Gasteiger partial charge in [-0.25, -0.2) is 0 Å². The van der Waals surface area contributed by atoms with Crippen LogP contribution in [0.1, 0.15) is 36.1 Å². The maximum Gasteiger partial charge on any atom is 0.102 e. The molecule has 3 heteroatoms. The Bertz CT molecular complexity index is 644. The minimum Gasteiger partial charge on any atom is -0.377 e. The van der Waals surface area contributed by atoms with Crippen molar-refractivity contribution in [1.82, 2.24) is 0 Å². The molecule has 2 aromatic rings. The molecule has 0 fully saturated rings. The molecule has 1 atom stereocenters. The molecule has 0 heterocycles. The second kappa shape index (κ2) is 6.58. The standard InChI is InChI=1S/C17H17BrN2/c1-3-16(13-7-5-8-14(18)10-13)20-17-9-4-6-12(2)15(17)11-19/h4-10,16,20H,3H2,1-2H3. The topological polar surface area (TPSA) is 35.8 Å². The summed E-state index contributed by atoms with van der Waals surface area (Å²) in [7, 11) is 0. The molecule has 0 bridgehead atoms. The van der Waals surface area contributed by atoms with E-state index in [1.165, 1.54) is 5.56 Å². The highest BCUT2D eigenvalue weighted by atomic mass is 79.9. The lowest BCUT2D eigenvalue weighted by Gasteiger charge is -2.20. The van der Waals surface area contributed by atoms with Gasteiger partial charge >= 0.3 is 0 Å². The number of nitrogens with zero attached hydrogens (tertiary/aromatic N) is 1. The lowest BCUT2D eigenvalue weighted by Crippen LogP contribution is -2.11.